The molecule has 0 aliphatic rings. The first-order chi connectivity index (χ1) is 16.4. The van der Waals surface area contributed by atoms with Crippen molar-refractivity contribution in [2.75, 3.05) is 26.1 Å². The summed E-state index contributed by atoms with van der Waals surface area (Å²) < 4.78 is 10.6. The molecule has 1 N–H and O–H groups in total. The Bertz CT molecular complexity index is 1150. The van der Waals surface area contributed by atoms with Gasteiger partial charge in [-0.3, -0.25) is 9.59 Å². The number of hydrogen-bond donors (Lipinski definition) is 1. The smallest absolute Gasteiger partial charge is 0.257 e. The molecule has 0 radical (unpaired) electrons. The summed E-state index contributed by atoms with van der Waals surface area (Å²) in [5, 5.41) is 12.6. The van der Waals surface area contributed by atoms with Crippen molar-refractivity contribution in [3.63, 3.8) is 0 Å². The molecular weight excluding hydrogens is 476 g/mol. The topological polar surface area (TPSA) is 93.7 Å². The summed E-state index contributed by atoms with van der Waals surface area (Å²) in [7, 11) is 3.06. The first kappa shape index (κ1) is 25.5. The Kier molecular flexibility index (Phi) is 8.84. The van der Waals surface area contributed by atoms with E-state index >= 15 is 0 Å². The molecular formula is C24H27ClN4O4S. The number of carbonyl (C=O) groups excluding carboxylic acids is 2. The van der Waals surface area contributed by atoms with Gasteiger partial charge in [-0.05, 0) is 37.6 Å². The van der Waals surface area contributed by atoms with Gasteiger partial charge in [0.15, 0.2) is 0 Å². The van der Waals surface area contributed by atoms with Gasteiger partial charge in [-0.2, -0.15) is 0 Å². The van der Waals surface area contributed by atoms with Gasteiger partial charge in [-0.15, -0.1) is 10.2 Å². The molecule has 3 aromatic rings. The Morgan fingerprint density at radius 3 is 2.62 bits per heavy atom. The number of amides is 2. The molecule has 34 heavy (non-hydrogen) atoms. The number of rotatable bonds is 10. The molecule has 1 aromatic heterocycles. The van der Waals surface area contributed by atoms with Gasteiger partial charge in [0.2, 0.25) is 11.0 Å². The normalized spacial score (nSPS) is 11.6. The summed E-state index contributed by atoms with van der Waals surface area (Å²) in [5.41, 5.74) is 1.24. The lowest BCUT2D eigenvalue weighted by atomic mass is 10.1. The summed E-state index contributed by atoms with van der Waals surface area (Å²) in [6, 6.07) is 12.3. The molecule has 0 saturated carbocycles. The maximum absolute atomic E-state index is 13.3. The van der Waals surface area contributed by atoms with E-state index in [9.17, 15) is 9.59 Å². The Morgan fingerprint density at radius 2 is 1.94 bits per heavy atom. The van der Waals surface area contributed by atoms with Crippen LogP contribution in [0.5, 0.6) is 11.5 Å². The number of benzene rings is 2. The van der Waals surface area contributed by atoms with Gasteiger partial charge < -0.3 is 19.7 Å². The summed E-state index contributed by atoms with van der Waals surface area (Å²) >= 11 is 7.30. The fourth-order valence-corrected chi connectivity index (χ4v) is 4.23. The van der Waals surface area contributed by atoms with E-state index in [0.29, 0.717) is 32.2 Å². The van der Waals surface area contributed by atoms with E-state index in [1.165, 1.54) is 18.4 Å². The monoisotopic (exact) mass is 502 g/mol. The van der Waals surface area contributed by atoms with Crippen LogP contribution in [0.25, 0.3) is 10.6 Å². The van der Waals surface area contributed by atoms with Gasteiger partial charge in [0, 0.05) is 35.7 Å². The number of halogens is 1. The number of nitrogens with zero attached hydrogens (tertiary/aromatic N) is 3. The highest BCUT2D eigenvalue weighted by molar-refractivity contribution is 7.18. The minimum absolute atomic E-state index is 0.0666. The average Bonchev–Trinajstić information content (AvgIpc) is 3.31. The zero-order valence-electron chi connectivity index (χ0n) is 19.5. The second-order valence-electron chi connectivity index (χ2n) is 7.54. The van der Waals surface area contributed by atoms with Crippen molar-refractivity contribution in [3.8, 4) is 22.1 Å². The number of anilines is 1. The molecule has 0 aliphatic heterocycles. The van der Waals surface area contributed by atoms with Crippen molar-refractivity contribution in [3.05, 3.63) is 53.1 Å². The van der Waals surface area contributed by atoms with Gasteiger partial charge >= 0.3 is 0 Å². The molecule has 0 unspecified atom stereocenters. The van der Waals surface area contributed by atoms with E-state index in [0.717, 1.165) is 12.0 Å². The molecule has 10 heteroatoms. The van der Waals surface area contributed by atoms with Crippen molar-refractivity contribution in [2.45, 2.75) is 32.7 Å². The molecule has 0 spiro atoms. The Labute approximate surface area is 207 Å². The van der Waals surface area contributed by atoms with Crippen LogP contribution >= 0.6 is 22.9 Å². The highest BCUT2D eigenvalue weighted by Crippen LogP contribution is 2.29. The number of aromatic nitrogens is 2. The summed E-state index contributed by atoms with van der Waals surface area (Å²) in [6.07, 6.45) is 0.853. The molecule has 1 atom stereocenters. The zero-order valence-corrected chi connectivity index (χ0v) is 21.1. The third kappa shape index (κ3) is 6.24. The highest BCUT2D eigenvalue weighted by atomic mass is 35.5. The minimum Gasteiger partial charge on any atom is -0.497 e. The first-order valence-corrected chi connectivity index (χ1v) is 12.0. The second-order valence-corrected chi connectivity index (χ2v) is 8.96. The lowest BCUT2D eigenvalue weighted by Gasteiger charge is -2.29. The second kappa shape index (κ2) is 11.8. The lowest BCUT2D eigenvalue weighted by Crippen LogP contribution is -2.40. The van der Waals surface area contributed by atoms with E-state index in [1.807, 2.05) is 26.0 Å². The van der Waals surface area contributed by atoms with Crippen molar-refractivity contribution in [1.29, 1.82) is 0 Å². The molecule has 180 valence electrons. The number of ether oxygens (including phenoxy) is 2. The minimum atomic E-state index is -0.253. The Morgan fingerprint density at radius 1 is 1.15 bits per heavy atom. The molecule has 0 bridgehead atoms. The maximum atomic E-state index is 13.3. The number of carbonyl (C=O) groups is 2. The van der Waals surface area contributed by atoms with Crippen LogP contribution in [0.15, 0.2) is 42.5 Å². The molecule has 0 fully saturated rings. The van der Waals surface area contributed by atoms with Crippen LogP contribution in [0.3, 0.4) is 0 Å². The van der Waals surface area contributed by atoms with Gasteiger partial charge in [0.05, 0.1) is 19.8 Å². The molecule has 0 saturated heterocycles. The molecule has 2 amide bonds. The standard InChI is InChI=1S/C24H27ClN4O4S/c1-5-15(2)29(23(31)19-10-9-18(32-3)14-20(19)33-4)12-11-21(30)26-24-28-27-22(34-24)16-7-6-8-17(25)13-16/h6-10,13-15H,5,11-12H2,1-4H3,(H,26,28,30)/t15-/m0/s1. The van der Waals surface area contributed by atoms with Crippen LogP contribution in [0.2, 0.25) is 5.02 Å². The Balaban J connectivity index is 1.67. The van der Waals surface area contributed by atoms with Gasteiger partial charge in [-0.25, -0.2) is 0 Å². The van der Waals surface area contributed by atoms with Crippen LogP contribution in [-0.4, -0.2) is 53.7 Å². The molecule has 8 nitrogen and oxygen atoms in total. The van der Waals surface area contributed by atoms with Crippen LogP contribution in [-0.2, 0) is 4.79 Å². The van der Waals surface area contributed by atoms with Gasteiger partial charge in [0.25, 0.3) is 5.91 Å². The highest BCUT2D eigenvalue weighted by Gasteiger charge is 2.24. The SMILES string of the molecule is CC[C@H](C)N(CCC(=O)Nc1nnc(-c2cccc(Cl)c2)s1)C(=O)c1ccc(OC)cc1OC. The molecule has 0 aliphatic carbocycles. The summed E-state index contributed by atoms with van der Waals surface area (Å²) in [6.45, 7) is 4.19. The van der Waals surface area contributed by atoms with Gasteiger partial charge in [0.1, 0.15) is 16.5 Å². The number of hydrogen-bond acceptors (Lipinski definition) is 7. The van der Waals surface area contributed by atoms with Gasteiger partial charge in [-0.1, -0.05) is 42.0 Å². The van der Waals surface area contributed by atoms with E-state index in [-0.39, 0.29) is 30.8 Å². The zero-order chi connectivity index (χ0) is 24.7. The Hall–Kier alpha value is -3.17. The third-order valence-electron chi connectivity index (χ3n) is 5.35. The van der Waals surface area contributed by atoms with Crippen molar-refractivity contribution in [1.82, 2.24) is 15.1 Å². The first-order valence-electron chi connectivity index (χ1n) is 10.8. The van der Waals surface area contributed by atoms with Crippen molar-refractivity contribution >= 4 is 39.9 Å². The van der Waals surface area contributed by atoms with Crippen LogP contribution in [0.1, 0.15) is 37.0 Å². The van der Waals surface area contributed by atoms with Crippen LogP contribution < -0.4 is 14.8 Å². The van der Waals surface area contributed by atoms with E-state index < -0.39 is 0 Å². The number of nitrogens with one attached hydrogen (secondary N) is 1. The maximum Gasteiger partial charge on any atom is 0.257 e. The van der Waals surface area contributed by atoms with E-state index in [4.69, 9.17) is 21.1 Å². The van der Waals surface area contributed by atoms with Crippen LogP contribution in [0.4, 0.5) is 5.13 Å². The molecule has 2 aromatic carbocycles. The van der Waals surface area contributed by atoms with E-state index in [2.05, 4.69) is 15.5 Å². The lowest BCUT2D eigenvalue weighted by molar-refractivity contribution is -0.116. The predicted molar refractivity (Wildman–Crippen MR) is 134 cm³/mol. The van der Waals surface area contributed by atoms with Crippen molar-refractivity contribution in [2.24, 2.45) is 0 Å². The van der Waals surface area contributed by atoms with Crippen molar-refractivity contribution < 1.29 is 19.1 Å². The summed E-state index contributed by atoms with van der Waals surface area (Å²) in [5.74, 6) is 0.555. The van der Waals surface area contributed by atoms with E-state index in [1.54, 1.807) is 42.3 Å². The third-order valence-corrected chi connectivity index (χ3v) is 6.47. The fraction of sp³-hybridized carbons (Fsp3) is 0.333. The molecule has 1 heterocycles. The average molecular weight is 503 g/mol. The summed E-state index contributed by atoms with van der Waals surface area (Å²) in [4.78, 5) is 27.6. The predicted octanol–water partition coefficient (Wildman–Crippen LogP) is 5.15. The van der Waals surface area contributed by atoms with Crippen LogP contribution in [0, 0.1) is 0 Å². The quantitative estimate of drug-likeness (QED) is 0.412. The fourth-order valence-electron chi connectivity index (χ4n) is 3.29. The largest absolute Gasteiger partial charge is 0.497 e. The molecule has 3 rings (SSSR count). The number of methoxy groups -OCH3 is 2.